The molecule has 0 saturated carbocycles. The Morgan fingerprint density at radius 2 is 1.85 bits per heavy atom. The Labute approximate surface area is 193 Å². The van der Waals surface area contributed by atoms with Crippen LogP contribution in [0, 0.1) is 0 Å². The van der Waals surface area contributed by atoms with Crippen LogP contribution >= 0.6 is 0 Å². The number of nitrogens with zero attached hydrogens (tertiary/aromatic N) is 6. The molecule has 0 aliphatic carbocycles. The third-order valence-electron chi connectivity index (χ3n) is 5.51. The van der Waals surface area contributed by atoms with Crippen molar-refractivity contribution >= 4 is 11.5 Å². The molecule has 0 N–H and O–H groups in total. The monoisotopic (exact) mass is 444 g/mol. The Hall–Kier alpha value is -3.52. The van der Waals surface area contributed by atoms with Crippen molar-refractivity contribution in [3.8, 4) is 5.88 Å². The van der Waals surface area contributed by atoms with Crippen molar-refractivity contribution in [2.24, 2.45) is 0 Å². The van der Waals surface area contributed by atoms with Gasteiger partial charge in [0.1, 0.15) is 17.3 Å². The third kappa shape index (κ3) is 5.28. The lowest BCUT2D eigenvalue weighted by atomic mass is 10.1. The molecule has 4 aromatic rings. The highest BCUT2D eigenvalue weighted by Crippen LogP contribution is 2.20. The maximum Gasteiger partial charge on any atom is 0.213 e. The summed E-state index contributed by atoms with van der Waals surface area (Å²) in [5, 5.41) is 0. The Morgan fingerprint density at radius 3 is 2.64 bits per heavy atom. The lowest BCUT2D eigenvalue weighted by molar-refractivity contribution is 0.122. The molecule has 170 valence electrons. The zero-order chi connectivity index (χ0) is 22.6. The van der Waals surface area contributed by atoms with E-state index in [-0.39, 0.29) is 6.10 Å². The van der Waals surface area contributed by atoms with Crippen LogP contribution in [-0.2, 0) is 17.6 Å². The van der Waals surface area contributed by atoms with Gasteiger partial charge in [0.2, 0.25) is 5.88 Å². The number of pyridine rings is 2. The van der Waals surface area contributed by atoms with Crippen molar-refractivity contribution in [1.82, 2.24) is 24.3 Å². The molecule has 5 rings (SSSR count). The number of hydrogen-bond acceptors (Lipinski definition) is 7. The van der Waals surface area contributed by atoms with Crippen LogP contribution < -0.4 is 9.64 Å². The quantitative estimate of drug-likeness (QED) is 0.433. The van der Waals surface area contributed by atoms with Gasteiger partial charge in [0.25, 0.3) is 0 Å². The minimum Gasteiger partial charge on any atom is -0.475 e. The SMILES string of the molecule is CC(C)Oc1ccc(Cc2nc(Cc3ccn4ccnc4c3)cc(N3CCOCC3)n2)cn1. The van der Waals surface area contributed by atoms with E-state index >= 15 is 0 Å². The Kier molecular flexibility index (Phi) is 6.17. The predicted molar refractivity (Wildman–Crippen MR) is 126 cm³/mol. The third-order valence-corrected chi connectivity index (χ3v) is 5.51. The predicted octanol–water partition coefficient (Wildman–Crippen LogP) is 3.32. The fourth-order valence-electron chi connectivity index (χ4n) is 3.94. The zero-order valence-corrected chi connectivity index (χ0v) is 19.0. The number of aromatic nitrogens is 5. The lowest BCUT2D eigenvalue weighted by Crippen LogP contribution is -2.37. The van der Waals surface area contributed by atoms with Crippen LogP contribution in [-0.4, -0.2) is 56.7 Å². The molecular formula is C25H28N6O2. The van der Waals surface area contributed by atoms with Gasteiger partial charge in [-0.2, -0.15) is 0 Å². The average molecular weight is 445 g/mol. The van der Waals surface area contributed by atoms with Crippen molar-refractivity contribution in [3.63, 3.8) is 0 Å². The molecular weight excluding hydrogens is 416 g/mol. The van der Waals surface area contributed by atoms with Gasteiger partial charge in [-0.15, -0.1) is 0 Å². The second-order valence-corrected chi connectivity index (χ2v) is 8.49. The number of morpholine rings is 1. The zero-order valence-electron chi connectivity index (χ0n) is 19.0. The molecule has 1 fully saturated rings. The van der Waals surface area contributed by atoms with Gasteiger partial charge in [0.15, 0.2) is 0 Å². The standard InChI is InChI=1S/C25H28N6O2/c1-18(2)33-25-4-3-20(17-27-25)14-22-28-21(16-24(29-22)31-9-11-32-12-10-31)13-19-5-7-30-8-6-26-23(30)15-19/h3-8,15-18H,9-14H2,1-2H3. The molecule has 0 radical (unpaired) electrons. The van der Waals surface area contributed by atoms with E-state index in [1.54, 1.807) is 0 Å². The number of anilines is 1. The average Bonchev–Trinajstić information content (AvgIpc) is 3.28. The van der Waals surface area contributed by atoms with E-state index in [0.29, 0.717) is 25.5 Å². The normalized spacial score (nSPS) is 14.2. The van der Waals surface area contributed by atoms with Gasteiger partial charge in [-0.25, -0.2) is 19.9 Å². The molecule has 0 amide bonds. The topological polar surface area (TPSA) is 77.7 Å². The molecule has 0 aromatic carbocycles. The summed E-state index contributed by atoms with van der Waals surface area (Å²) >= 11 is 0. The molecule has 0 spiro atoms. The highest BCUT2D eigenvalue weighted by Gasteiger charge is 2.16. The molecule has 0 atom stereocenters. The van der Waals surface area contributed by atoms with Crippen LogP contribution in [0.5, 0.6) is 5.88 Å². The molecule has 1 saturated heterocycles. The minimum atomic E-state index is 0.0978. The highest BCUT2D eigenvalue weighted by atomic mass is 16.5. The van der Waals surface area contributed by atoms with Crippen molar-refractivity contribution in [2.75, 3.05) is 31.2 Å². The summed E-state index contributed by atoms with van der Waals surface area (Å²) in [6.07, 6.45) is 9.06. The Bertz CT molecular complexity index is 1220. The summed E-state index contributed by atoms with van der Waals surface area (Å²) in [6, 6.07) is 10.3. The number of ether oxygens (including phenoxy) is 2. The van der Waals surface area contributed by atoms with Crippen molar-refractivity contribution in [1.29, 1.82) is 0 Å². The second kappa shape index (κ2) is 9.54. The fourth-order valence-corrected chi connectivity index (χ4v) is 3.94. The highest BCUT2D eigenvalue weighted by molar-refractivity contribution is 5.45. The van der Waals surface area contributed by atoms with E-state index in [1.807, 2.05) is 55.2 Å². The Morgan fingerprint density at radius 1 is 0.970 bits per heavy atom. The summed E-state index contributed by atoms with van der Waals surface area (Å²) in [5.41, 5.74) is 4.15. The lowest BCUT2D eigenvalue weighted by Gasteiger charge is -2.28. The molecule has 5 heterocycles. The first kappa shape index (κ1) is 21.3. The van der Waals surface area contributed by atoms with Gasteiger partial charge in [-0.1, -0.05) is 6.07 Å². The molecule has 4 aromatic heterocycles. The first-order chi connectivity index (χ1) is 16.1. The van der Waals surface area contributed by atoms with E-state index in [9.17, 15) is 0 Å². The molecule has 8 nitrogen and oxygen atoms in total. The van der Waals surface area contributed by atoms with Crippen molar-refractivity contribution < 1.29 is 9.47 Å². The van der Waals surface area contributed by atoms with Crippen molar-refractivity contribution in [2.45, 2.75) is 32.8 Å². The molecule has 8 heteroatoms. The molecule has 0 bridgehead atoms. The number of imidazole rings is 1. The molecule has 33 heavy (non-hydrogen) atoms. The maximum atomic E-state index is 5.66. The molecule has 1 aliphatic rings. The van der Waals surface area contributed by atoms with E-state index in [2.05, 4.69) is 33.1 Å². The van der Waals surface area contributed by atoms with Gasteiger partial charge in [0, 0.05) is 62.9 Å². The summed E-state index contributed by atoms with van der Waals surface area (Å²) in [7, 11) is 0. The number of rotatable bonds is 7. The Balaban J connectivity index is 1.41. The van der Waals surface area contributed by atoms with E-state index in [0.717, 1.165) is 48.1 Å². The van der Waals surface area contributed by atoms with Gasteiger partial charge < -0.3 is 18.8 Å². The molecule has 1 aliphatic heterocycles. The largest absolute Gasteiger partial charge is 0.475 e. The second-order valence-electron chi connectivity index (χ2n) is 8.49. The summed E-state index contributed by atoms with van der Waals surface area (Å²) in [5.74, 6) is 2.37. The smallest absolute Gasteiger partial charge is 0.213 e. The van der Waals surface area contributed by atoms with E-state index in [4.69, 9.17) is 19.4 Å². The summed E-state index contributed by atoms with van der Waals surface area (Å²) in [4.78, 5) is 20.9. The fraction of sp³-hybridized carbons (Fsp3) is 0.360. The van der Waals surface area contributed by atoms with Crippen LogP contribution in [0.15, 0.2) is 55.1 Å². The molecule has 0 unspecified atom stereocenters. The van der Waals surface area contributed by atoms with Crippen molar-refractivity contribution in [3.05, 3.63) is 77.8 Å². The van der Waals surface area contributed by atoms with Crippen LogP contribution in [0.2, 0.25) is 0 Å². The van der Waals surface area contributed by atoms with Gasteiger partial charge in [-0.3, -0.25) is 0 Å². The first-order valence-electron chi connectivity index (χ1n) is 11.3. The first-order valence-corrected chi connectivity index (χ1v) is 11.3. The van der Waals surface area contributed by atoms with Crippen LogP contribution in [0.25, 0.3) is 5.65 Å². The summed E-state index contributed by atoms with van der Waals surface area (Å²) in [6.45, 7) is 7.08. The minimum absolute atomic E-state index is 0.0978. The van der Waals surface area contributed by atoms with E-state index < -0.39 is 0 Å². The van der Waals surface area contributed by atoms with Crippen LogP contribution in [0.4, 0.5) is 5.82 Å². The van der Waals surface area contributed by atoms with Crippen LogP contribution in [0.1, 0.15) is 36.5 Å². The number of hydrogen-bond donors (Lipinski definition) is 0. The van der Waals surface area contributed by atoms with Crippen LogP contribution in [0.3, 0.4) is 0 Å². The number of fused-ring (bicyclic) bond motifs is 1. The maximum absolute atomic E-state index is 5.66. The van der Waals surface area contributed by atoms with E-state index in [1.165, 1.54) is 5.56 Å². The van der Waals surface area contributed by atoms with Gasteiger partial charge in [-0.05, 0) is 37.1 Å². The van der Waals surface area contributed by atoms with Gasteiger partial charge in [0.05, 0.1) is 25.0 Å². The van der Waals surface area contributed by atoms with Gasteiger partial charge >= 0.3 is 0 Å². The summed E-state index contributed by atoms with van der Waals surface area (Å²) < 4.78 is 13.2.